The summed E-state index contributed by atoms with van der Waals surface area (Å²) in [6.45, 7) is 4.91. The maximum absolute atomic E-state index is 13.8. The van der Waals surface area contributed by atoms with Crippen LogP contribution < -0.4 is 10.0 Å². The highest BCUT2D eigenvalue weighted by atomic mass is 35.5. The fourth-order valence-electron chi connectivity index (χ4n) is 4.40. The monoisotopic (exact) mass is 583 g/mol. The zero-order valence-electron chi connectivity index (χ0n) is 23.1. The molecule has 3 rings (SSSR count). The van der Waals surface area contributed by atoms with Crippen LogP contribution in [0.15, 0.2) is 83.8 Å². The Labute approximate surface area is 243 Å². The highest BCUT2D eigenvalue weighted by Gasteiger charge is 2.31. The Bertz CT molecular complexity index is 1330. The Morgan fingerprint density at radius 2 is 1.52 bits per heavy atom. The van der Waals surface area contributed by atoms with Gasteiger partial charge in [0, 0.05) is 31.1 Å². The van der Waals surface area contributed by atoms with Gasteiger partial charge < -0.3 is 10.2 Å². The van der Waals surface area contributed by atoms with E-state index in [4.69, 9.17) is 11.6 Å². The molecule has 0 bridgehead atoms. The molecule has 0 unspecified atom stereocenters. The van der Waals surface area contributed by atoms with Gasteiger partial charge in [0.25, 0.3) is 0 Å². The smallest absolute Gasteiger partial charge is 0.247 e. The van der Waals surface area contributed by atoms with E-state index in [0.29, 0.717) is 24.5 Å². The zero-order valence-corrected chi connectivity index (χ0v) is 24.7. The fourth-order valence-corrected chi connectivity index (χ4v) is 5.57. The van der Waals surface area contributed by atoms with Crippen LogP contribution in [0.3, 0.4) is 0 Å². The number of hydrogen-bond donors (Lipinski definition) is 2. The standard InChI is InChI=1S/C31H38ClN3O4S/c1-3-5-9-22-33-31(37)30(26-10-7-6-8-11-26)35(23-25-12-17-27(32)18-13-25)29(36)21-16-24-14-19-28(20-15-24)40(38,39)34-4-2/h6-8,10-15,17-20,30,34H,3-5,9,16,21-23H2,1-2H3,(H,33,37)/t30-/m0/s1. The first-order valence-electron chi connectivity index (χ1n) is 13.7. The van der Waals surface area contributed by atoms with E-state index in [1.165, 1.54) is 0 Å². The molecule has 214 valence electrons. The molecule has 0 saturated heterocycles. The number of nitrogens with one attached hydrogen (secondary N) is 2. The van der Waals surface area contributed by atoms with Crippen molar-refractivity contribution in [1.29, 1.82) is 0 Å². The van der Waals surface area contributed by atoms with E-state index in [2.05, 4.69) is 17.0 Å². The zero-order chi connectivity index (χ0) is 29.0. The highest BCUT2D eigenvalue weighted by Crippen LogP contribution is 2.26. The lowest BCUT2D eigenvalue weighted by Gasteiger charge is -2.32. The molecule has 2 N–H and O–H groups in total. The van der Waals surface area contributed by atoms with Crippen molar-refractivity contribution in [2.24, 2.45) is 0 Å². The lowest BCUT2D eigenvalue weighted by atomic mass is 10.0. The summed E-state index contributed by atoms with van der Waals surface area (Å²) >= 11 is 6.09. The van der Waals surface area contributed by atoms with Gasteiger partial charge in [-0.05, 0) is 53.8 Å². The second kappa shape index (κ2) is 15.6. The van der Waals surface area contributed by atoms with E-state index in [1.54, 1.807) is 48.2 Å². The first kappa shape index (κ1) is 31.3. The highest BCUT2D eigenvalue weighted by molar-refractivity contribution is 7.89. The van der Waals surface area contributed by atoms with E-state index >= 15 is 0 Å². The molecule has 0 heterocycles. The molecule has 0 spiro atoms. The van der Waals surface area contributed by atoms with Crippen molar-refractivity contribution < 1.29 is 18.0 Å². The van der Waals surface area contributed by atoms with E-state index in [1.807, 2.05) is 42.5 Å². The summed E-state index contributed by atoms with van der Waals surface area (Å²) in [7, 11) is -3.55. The average molecular weight is 584 g/mol. The first-order chi connectivity index (χ1) is 19.2. The summed E-state index contributed by atoms with van der Waals surface area (Å²) in [6, 6.07) is 22.3. The van der Waals surface area contributed by atoms with Crippen LogP contribution in [-0.2, 0) is 32.6 Å². The topological polar surface area (TPSA) is 95.6 Å². The van der Waals surface area contributed by atoms with Crippen LogP contribution in [-0.4, -0.2) is 38.2 Å². The maximum Gasteiger partial charge on any atom is 0.247 e. The summed E-state index contributed by atoms with van der Waals surface area (Å²) in [5.74, 6) is -0.403. The predicted octanol–water partition coefficient (Wildman–Crippen LogP) is 5.65. The molecule has 0 aliphatic rings. The molecule has 0 aliphatic heterocycles. The van der Waals surface area contributed by atoms with Gasteiger partial charge in [-0.15, -0.1) is 0 Å². The molecule has 3 aromatic carbocycles. The van der Waals surface area contributed by atoms with Crippen LogP contribution in [0.5, 0.6) is 0 Å². The first-order valence-corrected chi connectivity index (χ1v) is 15.6. The van der Waals surface area contributed by atoms with E-state index in [9.17, 15) is 18.0 Å². The van der Waals surface area contributed by atoms with Gasteiger partial charge in [0.05, 0.1) is 4.90 Å². The lowest BCUT2D eigenvalue weighted by molar-refractivity contribution is -0.141. The second-order valence-corrected chi connectivity index (χ2v) is 11.8. The quantitative estimate of drug-likeness (QED) is 0.226. The van der Waals surface area contributed by atoms with Crippen LogP contribution in [0, 0.1) is 0 Å². The molecular weight excluding hydrogens is 546 g/mol. The van der Waals surface area contributed by atoms with Crippen molar-refractivity contribution in [3.05, 3.63) is 101 Å². The molecule has 0 aromatic heterocycles. The summed E-state index contributed by atoms with van der Waals surface area (Å²) in [6.07, 6.45) is 3.48. The third kappa shape index (κ3) is 9.18. The minimum atomic E-state index is -3.55. The number of halogens is 1. The third-order valence-electron chi connectivity index (χ3n) is 6.54. The summed E-state index contributed by atoms with van der Waals surface area (Å²) in [4.78, 5) is 29.2. The minimum absolute atomic E-state index is 0.152. The number of carbonyl (C=O) groups excluding carboxylic acids is 2. The van der Waals surface area contributed by atoms with Gasteiger partial charge in [0.15, 0.2) is 0 Å². The van der Waals surface area contributed by atoms with Gasteiger partial charge in [-0.2, -0.15) is 0 Å². The van der Waals surface area contributed by atoms with Gasteiger partial charge in [0.1, 0.15) is 6.04 Å². The molecule has 3 aromatic rings. The van der Waals surface area contributed by atoms with E-state index < -0.39 is 16.1 Å². The molecule has 0 fully saturated rings. The Morgan fingerprint density at radius 1 is 0.875 bits per heavy atom. The lowest BCUT2D eigenvalue weighted by Crippen LogP contribution is -2.43. The number of aryl methyl sites for hydroxylation is 1. The van der Waals surface area contributed by atoms with Crippen molar-refractivity contribution in [2.45, 2.75) is 63.4 Å². The van der Waals surface area contributed by atoms with Crippen LogP contribution >= 0.6 is 11.6 Å². The van der Waals surface area contributed by atoms with E-state index in [-0.39, 0.29) is 29.7 Å². The van der Waals surface area contributed by atoms with Gasteiger partial charge in [-0.1, -0.05) is 92.9 Å². The Balaban J connectivity index is 1.86. The molecule has 0 saturated carbocycles. The number of rotatable bonds is 15. The van der Waals surface area contributed by atoms with Gasteiger partial charge in [-0.3, -0.25) is 9.59 Å². The molecule has 40 heavy (non-hydrogen) atoms. The maximum atomic E-state index is 13.8. The van der Waals surface area contributed by atoms with Gasteiger partial charge in [-0.25, -0.2) is 13.1 Å². The number of amides is 2. The number of hydrogen-bond acceptors (Lipinski definition) is 4. The Hall–Kier alpha value is -3.20. The minimum Gasteiger partial charge on any atom is -0.354 e. The van der Waals surface area contributed by atoms with Crippen molar-refractivity contribution in [2.75, 3.05) is 13.1 Å². The van der Waals surface area contributed by atoms with Crippen LogP contribution in [0.2, 0.25) is 5.02 Å². The van der Waals surface area contributed by atoms with Crippen molar-refractivity contribution >= 4 is 33.4 Å². The second-order valence-electron chi connectivity index (χ2n) is 9.60. The number of carbonyl (C=O) groups is 2. The van der Waals surface area contributed by atoms with Crippen LogP contribution in [0.4, 0.5) is 0 Å². The fraction of sp³-hybridized carbons (Fsp3) is 0.355. The summed E-state index contributed by atoms with van der Waals surface area (Å²) in [5, 5.41) is 3.63. The molecule has 7 nitrogen and oxygen atoms in total. The Kier molecular flexibility index (Phi) is 12.2. The number of benzene rings is 3. The number of unbranched alkanes of at least 4 members (excludes halogenated alkanes) is 2. The molecule has 1 atom stereocenters. The summed E-state index contributed by atoms with van der Waals surface area (Å²) < 4.78 is 27.0. The van der Waals surface area contributed by atoms with Gasteiger partial charge >= 0.3 is 0 Å². The number of sulfonamides is 1. The third-order valence-corrected chi connectivity index (χ3v) is 8.35. The molecule has 0 radical (unpaired) electrons. The predicted molar refractivity (Wildman–Crippen MR) is 159 cm³/mol. The van der Waals surface area contributed by atoms with E-state index in [0.717, 1.165) is 36.0 Å². The molecule has 0 aliphatic carbocycles. The normalized spacial score (nSPS) is 12.1. The summed E-state index contributed by atoms with van der Waals surface area (Å²) in [5.41, 5.74) is 2.42. The SMILES string of the molecule is CCCCCNC(=O)[C@H](c1ccccc1)N(Cc1ccc(Cl)cc1)C(=O)CCc1ccc(S(=O)(=O)NCC)cc1. The number of nitrogens with zero attached hydrogens (tertiary/aromatic N) is 1. The molecule has 2 amide bonds. The van der Waals surface area contributed by atoms with Crippen molar-refractivity contribution in [3.63, 3.8) is 0 Å². The van der Waals surface area contributed by atoms with Crippen LogP contribution in [0.25, 0.3) is 0 Å². The Morgan fingerprint density at radius 3 is 2.15 bits per heavy atom. The van der Waals surface area contributed by atoms with Crippen LogP contribution in [0.1, 0.15) is 62.3 Å². The largest absolute Gasteiger partial charge is 0.354 e. The van der Waals surface area contributed by atoms with Crippen molar-refractivity contribution in [3.8, 4) is 0 Å². The van der Waals surface area contributed by atoms with Gasteiger partial charge in [0.2, 0.25) is 21.8 Å². The molecular formula is C31H38ClN3O4S. The molecule has 9 heteroatoms. The average Bonchev–Trinajstić information content (AvgIpc) is 2.95. The van der Waals surface area contributed by atoms with Crippen molar-refractivity contribution in [1.82, 2.24) is 14.9 Å².